The van der Waals surface area contributed by atoms with Crippen LogP contribution in [0.3, 0.4) is 0 Å². The van der Waals surface area contributed by atoms with Crippen LogP contribution in [-0.2, 0) is 11.3 Å². The summed E-state index contributed by atoms with van der Waals surface area (Å²) in [4.78, 5) is 22.2. The van der Waals surface area contributed by atoms with Crippen molar-refractivity contribution < 1.29 is 4.79 Å². The van der Waals surface area contributed by atoms with Crippen LogP contribution in [-0.4, -0.2) is 10.5 Å². The molecule has 0 aliphatic carbocycles. The molecule has 2 rings (SSSR count). The molecule has 0 saturated carbocycles. The summed E-state index contributed by atoms with van der Waals surface area (Å²) in [6.07, 6.45) is 0.195. The molecule has 0 bridgehead atoms. The minimum Gasteiger partial charge on any atom is -0.370 e. The second-order valence-electron chi connectivity index (χ2n) is 3.20. The molecule has 1 heterocycles. The maximum Gasteiger partial charge on any atom is 0.308 e. The number of nitrogens with two attached hydrogens (primary N) is 1. The maximum absolute atomic E-state index is 11.6. The predicted octanol–water partition coefficient (Wildman–Crippen LogP) is 1.36. The smallest absolute Gasteiger partial charge is 0.308 e. The Morgan fingerprint density at radius 1 is 1.38 bits per heavy atom. The van der Waals surface area contributed by atoms with E-state index in [2.05, 4.69) is 0 Å². The number of aromatic nitrogens is 1. The SMILES string of the molecule is Cl.NC(=O)CCn1c(=O)sc2ccccc21. The molecule has 0 fully saturated rings. The third-order valence-electron chi connectivity index (χ3n) is 2.16. The van der Waals surface area contributed by atoms with Crippen LogP contribution in [0.1, 0.15) is 6.42 Å². The predicted molar refractivity (Wildman–Crippen MR) is 67.1 cm³/mol. The Kier molecular flexibility index (Phi) is 4.09. The summed E-state index contributed by atoms with van der Waals surface area (Å²) >= 11 is 1.19. The number of thiazole rings is 1. The quantitative estimate of drug-likeness (QED) is 0.903. The van der Waals surface area contributed by atoms with Crippen LogP contribution in [0, 0.1) is 0 Å². The van der Waals surface area contributed by atoms with Gasteiger partial charge in [-0.15, -0.1) is 12.4 Å². The lowest BCUT2D eigenvalue weighted by Gasteiger charge is -2.00. The number of amides is 1. The van der Waals surface area contributed by atoms with Gasteiger partial charge in [0.2, 0.25) is 5.91 Å². The first kappa shape index (κ1) is 12.7. The number of para-hydroxylation sites is 1. The van der Waals surface area contributed by atoms with Crippen LogP contribution in [0.2, 0.25) is 0 Å². The van der Waals surface area contributed by atoms with E-state index in [9.17, 15) is 9.59 Å². The fourth-order valence-corrected chi connectivity index (χ4v) is 2.37. The highest BCUT2D eigenvalue weighted by atomic mass is 35.5. The van der Waals surface area contributed by atoms with Gasteiger partial charge in [-0.25, -0.2) is 0 Å². The van der Waals surface area contributed by atoms with E-state index in [4.69, 9.17) is 5.73 Å². The fourth-order valence-electron chi connectivity index (χ4n) is 1.45. The standard InChI is InChI=1S/C10H10N2O2S.ClH/c11-9(13)5-6-12-7-3-1-2-4-8(7)15-10(12)14;/h1-4H,5-6H2,(H2,11,13);1H. The molecule has 4 nitrogen and oxygen atoms in total. The maximum atomic E-state index is 11.6. The Bertz CT molecular complexity index is 561. The first-order valence-electron chi connectivity index (χ1n) is 4.55. The van der Waals surface area contributed by atoms with Gasteiger partial charge in [0.1, 0.15) is 0 Å². The number of fused-ring (bicyclic) bond motifs is 1. The van der Waals surface area contributed by atoms with Crippen LogP contribution in [0.4, 0.5) is 0 Å². The number of rotatable bonds is 3. The summed E-state index contributed by atoms with van der Waals surface area (Å²) in [5.74, 6) is -0.391. The summed E-state index contributed by atoms with van der Waals surface area (Å²) in [5, 5.41) is 0. The molecule has 86 valence electrons. The zero-order valence-electron chi connectivity index (χ0n) is 8.38. The molecule has 2 N–H and O–H groups in total. The molecule has 1 aromatic heterocycles. The molecular formula is C10H11ClN2O2S. The summed E-state index contributed by atoms with van der Waals surface area (Å²) in [5.41, 5.74) is 5.92. The lowest BCUT2D eigenvalue weighted by Crippen LogP contribution is -2.19. The zero-order chi connectivity index (χ0) is 10.8. The lowest BCUT2D eigenvalue weighted by atomic mass is 10.3. The molecule has 6 heteroatoms. The lowest BCUT2D eigenvalue weighted by molar-refractivity contribution is -0.118. The van der Waals surface area contributed by atoms with Crippen LogP contribution in [0.5, 0.6) is 0 Å². The largest absolute Gasteiger partial charge is 0.370 e. The number of nitrogens with zero attached hydrogens (tertiary/aromatic N) is 1. The van der Waals surface area contributed by atoms with Crippen LogP contribution in [0.25, 0.3) is 10.2 Å². The Morgan fingerprint density at radius 2 is 2.06 bits per heavy atom. The second kappa shape index (κ2) is 5.14. The first-order valence-corrected chi connectivity index (χ1v) is 5.37. The number of halogens is 1. The van der Waals surface area contributed by atoms with Crippen molar-refractivity contribution in [2.24, 2.45) is 5.73 Å². The molecule has 2 aromatic rings. The van der Waals surface area contributed by atoms with Gasteiger partial charge in [0.15, 0.2) is 0 Å². The van der Waals surface area contributed by atoms with Crippen molar-refractivity contribution in [1.82, 2.24) is 4.57 Å². The minimum atomic E-state index is -0.391. The molecule has 1 aromatic carbocycles. The Labute approximate surface area is 102 Å². The van der Waals surface area contributed by atoms with E-state index in [0.29, 0.717) is 6.54 Å². The number of aryl methyl sites for hydroxylation is 1. The van der Waals surface area contributed by atoms with Gasteiger partial charge in [0, 0.05) is 13.0 Å². The summed E-state index contributed by atoms with van der Waals surface area (Å²) in [7, 11) is 0. The van der Waals surface area contributed by atoms with Gasteiger partial charge in [-0.1, -0.05) is 23.5 Å². The summed E-state index contributed by atoms with van der Waals surface area (Å²) < 4.78 is 2.53. The average Bonchev–Trinajstić information content (AvgIpc) is 2.50. The Hall–Kier alpha value is -1.33. The third-order valence-corrected chi connectivity index (χ3v) is 3.12. The molecule has 16 heavy (non-hydrogen) atoms. The van der Waals surface area contributed by atoms with Gasteiger partial charge in [0.05, 0.1) is 10.2 Å². The van der Waals surface area contributed by atoms with Gasteiger partial charge in [0.25, 0.3) is 0 Å². The highest BCUT2D eigenvalue weighted by molar-refractivity contribution is 7.16. The highest BCUT2D eigenvalue weighted by Crippen LogP contribution is 2.16. The minimum absolute atomic E-state index is 0. The van der Waals surface area contributed by atoms with Crippen molar-refractivity contribution in [2.45, 2.75) is 13.0 Å². The van der Waals surface area contributed by atoms with Crippen molar-refractivity contribution in [3.8, 4) is 0 Å². The molecule has 0 spiro atoms. The molecular weight excluding hydrogens is 248 g/mol. The fraction of sp³-hybridized carbons (Fsp3) is 0.200. The van der Waals surface area contributed by atoms with E-state index in [0.717, 1.165) is 10.2 Å². The van der Waals surface area contributed by atoms with Gasteiger partial charge in [-0.2, -0.15) is 0 Å². The second-order valence-corrected chi connectivity index (χ2v) is 4.20. The molecule has 1 amide bonds. The molecule has 0 aliphatic heterocycles. The molecule has 0 radical (unpaired) electrons. The number of hydrogen-bond acceptors (Lipinski definition) is 3. The Morgan fingerprint density at radius 3 is 2.75 bits per heavy atom. The highest BCUT2D eigenvalue weighted by Gasteiger charge is 2.06. The van der Waals surface area contributed by atoms with E-state index in [-0.39, 0.29) is 23.7 Å². The number of carbonyl (C=O) groups is 1. The van der Waals surface area contributed by atoms with Gasteiger partial charge >= 0.3 is 4.87 Å². The van der Waals surface area contributed by atoms with E-state index < -0.39 is 5.91 Å². The van der Waals surface area contributed by atoms with Crippen molar-refractivity contribution in [2.75, 3.05) is 0 Å². The van der Waals surface area contributed by atoms with Gasteiger partial charge in [-0.3, -0.25) is 14.2 Å². The Balaban J connectivity index is 0.00000128. The third kappa shape index (κ3) is 2.43. The van der Waals surface area contributed by atoms with Crippen LogP contribution in [0.15, 0.2) is 29.1 Å². The van der Waals surface area contributed by atoms with Crippen LogP contribution >= 0.6 is 23.7 Å². The molecule has 0 atom stereocenters. The zero-order valence-corrected chi connectivity index (χ0v) is 10.0. The first-order chi connectivity index (χ1) is 7.18. The number of benzene rings is 1. The molecule has 0 unspecified atom stereocenters. The normalized spacial score (nSPS) is 10.0. The average molecular weight is 259 g/mol. The monoisotopic (exact) mass is 258 g/mol. The number of hydrogen-bond donors (Lipinski definition) is 1. The molecule has 0 aliphatic rings. The van der Waals surface area contributed by atoms with E-state index >= 15 is 0 Å². The van der Waals surface area contributed by atoms with E-state index in [1.54, 1.807) is 4.57 Å². The van der Waals surface area contributed by atoms with Crippen molar-refractivity contribution in [3.05, 3.63) is 33.9 Å². The summed E-state index contributed by atoms with van der Waals surface area (Å²) in [6, 6.07) is 7.52. The van der Waals surface area contributed by atoms with E-state index in [1.165, 1.54) is 11.3 Å². The van der Waals surface area contributed by atoms with Crippen molar-refractivity contribution >= 4 is 39.9 Å². The molecule has 0 saturated heterocycles. The topological polar surface area (TPSA) is 65.1 Å². The summed E-state index contributed by atoms with van der Waals surface area (Å²) in [6.45, 7) is 0.359. The number of primary amides is 1. The van der Waals surface area contributed by atoms with Crippen molar-refractivity contribution in [3.63, 3.8) is 0 Å². The van der Waals surface area contributed by atoms with Crippen LogP contribution < -0.4 is 10.6 Å². The van der Waals surface area contributed by atoms with Gasteiger partial charge in [-0.05, 0) is 12.1 Å². The van der Waals surface area contributed by atoms with Crippen molar-refractivity contribution in [1.29, 1.82) is 0 Å². The van der Waals surface area contributed by atoms with Gasteiger partial charge < -0.3 is 5.73 Å². The number of carbonyl (C=O) groups excluding carboxylic acids is 1. The van der Waals surface area contributed by atoms with E-state index in [1.807, 2.05) is 24.3 Å².